The minimum atomic E-state index is -0.521. The van der Waals surface area contributed by atoms with Crippen LogP contribution in [0, 0.1) is 13.8 Å². The van der Waals surface area contributed by atoms with Gasteiger partial charge in [-0.25, -0.2) is 4.79 Å². The molecule has 3 heteroatoms. The van der Waals surface area contributed by atoms with Crippen LogP contribution in [0.25, 0.3) is 0 Å². The third-order valence-corrected chi connectivity index (χ3v) is 2.59. The van der Waals surface area contributed by atoms with E-state index in [2.05, 4.69) is 4.74 Å². The largest absolute Gasteiger partial charge is 0.479 e. The molecule has 0 saturated heterocycles. The van der Waals surface area contributed by atoms with Crippen molar-refractivity contribution < 1.29 is 14.3 Å². The molecule has 1 rings (SSSR count). The first-order valence-electron chi connectivity index (χ1n) is 5.40. The van der Waals surface area contributed by atoms with E-state index < -0.39 is 6.10 Å². The van der Waals surface area contributed by atoms with Crippen LogP contribution in [0.15, 0.2) is 18.2 Å². The van der Waals surface area contributed by atoms with E-state index in [1.165, 1.54) is 12.7 Å². The summed E-state index contributed by atoms with van der Waals surface area (Å²) in [6.45, 7) is 5.95. The summed E-state index contributed by atoms with van der Waals surface area (Å²) < 4.78 is 10.2. The fourth-order valence-corrected chi connectivity index (χ4v) is 1.38. The average Bonchev–Trinajstić information content (AvgIpc) is 2.29. The second-order valence-electron chi connectivity index (χ2n) is 3.78. The third kappa shape index (κ3) is 2.99. The monoisotopic (exact) mass is 222 g/mol. The molecule has 0 aliphatic carbocycles. The molecule has 0 heterocycles. The minimum Gasteiger partial charge on any atom is -0.479 e. The quantitative estimate of drug-likeness (QED) is 0.735. The second-order valence-corrected chi connectivity index (χ2v) is 3.78. The van der Waals surface area contributed by atoms with Gasteiger partial charge < -0.3 is 9.47 Å². The lowest BCUT2D eigenvalue weighted by Gasteiger charge is -2.15. The molecule has 0 aliphatic rings. The van der Waals surface area contributed by atoms with Crippen LogP contribution in [-0.2, 0) is 9.53 Å². The van der Waals surface area contributed by atoms with Gasteiger partial charge in [-0.15, -0.1) is 0 Å². The van der Waals surface area contributed by atoms with E-state index in [9.17, 15) is 4.79 Å². The highest BCUT2D eigenvalue weighted by Gasteiger charge is 2.18. The van der Waals surface area contributed by atoms with Crippen molar-refractivity contribution >= 4 is 5.97 Å². The van der Waals surface area contributed by atoms with Crippen molar-refractivity contribution in [1.82, 2.24) is 0 Å². The van der Waals surface area contributed by atoms with Gasteiger partial charge in [0.25, 0.3) is 0 Å². The van der Waals surface area contributed by atoms with Gasteiger partial charge in [0.1, 0.15) is 5.75 Å². The molecule has 0 aliphatic heterocycles. The van der Waals surface area contributed by atoms with Crippen LogP contribution in [0.1, 0.15) is 24.5 Å². The fraction of sp³-hybridized carbons (Fsp3) is 0.462. The number of methoxy groups -OCH3 is 1. The van der Waals surface area contributed by atoms with Gasteiger partial charge in [-0.05, 0) is 43.5 Å². The Morgan fingerprint density at radius 2 is 2.00 bits per heavy atom. The summed E-state index contributed by atoms with van der Waals surface area (Å²) in [4.78, 5) is 11.4. The molecule has 0 fully saturated rings. The highest BCUT2D eigenvalue weighted by molar-refractivity contribution is 5.74. The van der Waals surface area contributed by atoms with Gasteiger partial charge in [-0.2, -0.15) is 0 Å². The van der Waals surface area contributed by atoms with Crippen LogP contribution < -0.4 is 4.74 Å². The zero-order valence-corrected chi connectivity index (χ0v) is 10.2. The number of carbonyl (C=O) groups excluding carboxylic acids is 1. The van der Waals surface area contributed by atoms with Crippen LogP contribution in [0.3, 0.4) is 0 Å². The zero-order chi connectivity index (χ0) is 12.1. The Hall–Kier alpha value is -1.51. The van der Waals surface area contributed by atoms with Gasteiger partial charge >= 0.3 is 5.97 Å². The highest BCUT2D eigenvalue weighted by atomic mass is 16.6. The number of aryl methyl sites for hydroxylation is 2. The molecule has 0 aromatic heterocycles. The summed E-state index contributed by atoms with van der Waals surface area (Å²) in [5.74, 6) is 0.376. The number of hydrogen-bond acceptors (Lipinski definition) is 3. The van der Waals surface area contributed by atoms with E-state index in [4.69, 9.17) is 4.74 Å². The molecule has 0 spiro atoms. The lowest BCUT2D eigenvalue weighted by atomic mass is 10.1. The van der Waals surface area contributed by atoms with Crippen molar-refractivity contribution in [3.63, 3.8) is 0 Å². The molecule has 0 amide bonds. The normalized spacial score (nSPS) is 12.0. The fourth-order valence-electron chi connectivity index (χ4n) is 1.38. The van der Waals surface area contributed by atoms with Gasteiger partial charge in [0.15, 0.2) is 6.10 Å². The minimum absolute atomic E-state index is 0.333. The average molecular weight is 222 g/mol. The first-order valence-corrected chi connectivity index (χ1v) is 5.40. The van der Waals surface area contributed by atoms with Gasteiger partial charge in [-0.1, -0.05) is 13.0 Å². The Labute approximate surface area is 96.4 Å². The van der Waals surface area contributed by atoms with Crippen molar-refractivity contribution in [2.75, 3.05) is 7.11 Å². The van der Waals surface area contributed by atoms with Gasteiger partial charge in [0.05, 0.1) is 7.11 Å². The van der Waals surface area contributed by atoms with Crippen molar-refractivity contribution in [1.29, 1.82) is 0 Å². The van der Waals surface area contributed by atoms with Crippen molar-refractivity contribution in [2.24, 2.45) is 0 Å². The molecule has 0 radical (unpaired) electrons. The topological polar surface area (TPSA) is 35.5 Å². The molecule has 0 bridgehead atoms. The van der Waals surface area contributed by atoms with Crippen LogP contribution in [0.2, 0.25) is 0 Å². The molecule has 3 nitrogen and oxygen atoms in total. The summed E-state index contributed by atoms with van der Waals surface area (Å²) in [6, 6.07) is 5.78. The number of benzene rings is 1. The van der Waals surface area contributed by atoms with E-state index in [1.807, 2.05) is 39.0 Å². The lowest BCUT2D eigenvalue weighted by molar-refractivity contribution is -0.148. The smallest absolute Gasteiger partial charge is 0.347 e. The molecule has 1 unspecified atom stereocenters. The molecule has 88 valence electrons. The lowest BCUT2D eigenvalue weighted by Crippen LogP contribution is -2.27. The van der Waals surface area contributed by atoms with Gasteiger partial charge in [0.2, 0.25) is 0 Å². The van der Waals surface area contributed by atoms with Crippen LogP contribution in [0.5, 0.6) is 5.75 Å². The molecular weight excluding hydrogens is 204 g/mol. The Kier molecular flexibility index (Phi) is 4.35. The summed E-state index contributed by atoms with van der Waals surface area (Å²) in [6.07, 6.45) is 0.0756. The van der Waals surface area contributed by atoms with Gasteiger partial charge in [-0.3, -0.25) is 0 Å². The Morgan fingerprint density at radius 1 is 1.31 bits per heavy atom. The predicted molar refractivity (Wildman–Crippen MR) is 62.6 cm³/mol. The molecule has 0 N–H and O–H groups in total. The van der Waals surface area contributed by atoms with Gasteiger partial charge in [0, 0.05) is 0 Å². The number of rotatable bonds is 4. The third-order valence-electron chi connectivity index (χ3n) is 2.59. The number of esters is 1. The molecular formula is C13H18O3. The van der Waals surface area contributed by atoms with Crippen LogP contribution in [-0.4, -0.2) is 19.2 Å². The Bertz CT molecular complexity index is 371. The van der Waals surface area contributed by atoms with E-state index in [0.29, 0.717) is 12.2 Å². The van der Waals surface area contributed by atoms with E-state index in [1.54, 1.807) is 0 Å². The van der Waals surface area contributed by atoms with E-state index >= 15 is 0 Å². The van der Waals surface area contributed by atoms with Crippen LogP contribution in [0.4, 0.5) is 0 Å². The first-order chi connectivity index (χ1) is 7.58. The highest BCUT2D eigenvalue weighted by Crippen LogP contribution is 2.18. The molecule has 0 saturated carbocycles. The number of carbonyl (C=O) groups is 1. The maximum atomic E-state index is 11.4. The van der Waals surface area contributed by atoms with Crippen molar-refractivity contribution in [3.05, 3.63) is 29.3 Å². The molecule has 1 aromatic rings. The maximum absolute atomic E-state index is 11.4. The maximum Gasteiger partial charge on any atom is 0.347 e. The second kappa shape index (κ2) is 5.54. The van der Waals surface area contributed by atoms with Crippen LogP contribution >= 0.6 is 0 Å². The molecule has 1 atom stereocenters. The first kappa shape index (κ1) is 12.6. The standard InChI is InChI=1S/C13H18O3/c1-5-12(13(14)15-4)16-11-7-6-9(2)10(3)8-11/h6-8,12H,5H2,1-4H3. The van der Waals surface area contributed by atoms with Crippen molar-refractivity contribution in [3.8, 4) is 5.75 Å². The number of hydrogen-bond donors (Lipinski definition) is 0. The number of ether oxygens (including phenoxy) is 2. The van der Waals surface area contributed by atoms with Crippen molar-refractivity contribution in [2.45, 2.75) is 33.3 Å². The summed E-state index contributed by atoms with van der Waals surface area (Å²) in [5.41, 5.74) is 2.36. The molecule has 16 heavy (non-hydrogen) atoms. The zero-order valence-electron chi connectivity index (χ0n) is 10.2. The predicted octanol–water partition coefficient (Wildman–Crippen LogP) is 2.63. The summed E-state index contributed by atoms with van der Waals surface area (Å²) >= 11 is 0. The Morgan fingerprint density at radius 3 is 2.50 bits per heavy atom. The molecule has 1 aromatic carbocycles. The summed E-state index contributed by atoms with van der Waals surface area (Å²) in [5, 5.41) is 0. The van der Waals surface area contributed by atoms with E-state index in [0.717, 1.165) is 5.56 Å². The SMILES string of the molecule is CCC(Oc1ccc(C)c(C)c1)C(=O)OC. The summed E-state index contributed by atoms with van der Waals surface area (Å²) in [7, 11) is 1.37. The Balaban J connectivity index is 2.78. The van der Waals surface area contributed by atoms with E-state index in [-0.39, 0.29) is 5.97 Å².